The average Bonchev–Trinajstić information content (AvgIpc) is 2.31. The number of hydrogen-bond donors (Lipinski definition) is 3. The average molecular weight is 283 g/mol. The second-order valence-electron chi connectivity index (χ2n) is 3.78. The van der Waals surface area contributed by atoms with E-state index in [0.717, 1.165) is 11.1 Å². The first-order valence-corrected chi connectivity index (χ1v) is 6.00. The summed E-state index contributed by atoms with van der Waals surface area (Å²) in [7, 11) is 0. The van der Waals surface area contributed by atoms with Gasteiger partial charge in [0.05, 0.1) is 6.04 Å². The van der Waals surface area contributed by atoms with E-state index in [1.165, 1.54) is 0 Å². The maximum atomic E-state index is 5.98. The normalized spacial score (nSPS) is 12.4. The Bertz CT molecular complexity index is 539. The van der Waals surface area contributed by atoms with Gasteiger partial charge in [0.15, 0.2) is 0 Å². The van der Waals surface area contributed by atoms with Crippen molar-refractivity contribution in [1.82, 2.24) is 10.4 Å². The minimum Gasteiger partial charge on any atom is -0.383 e. The lowest BCUT2D eigenvalue weighted by molar-refractivity contribution is 0.637. The van der Waals surface area contributed by atoms with E-state index in [-0.39, 0.29) is 6.04 Å². The summed E-state index contributed by atoms with van der Waals surface area (Å²) in [5.74, 6) is 6.00. The molecule has 2 aromatic rings. The summed E-state index contributed by atoms with van der Waals surface area (Å²) >= 11 is 12.0. The molecule has 0 aliphatic carbocycles. The molecule has 6 heteroatoms. The lowest BCUT2D eigenvalue weighted by atomic mass is 10.00. The molecule has 1 atom stereocenters. The van der Waals surface area contributed by atoms with Crippen molar-refractivity contribution in [2.45, 2.75) is 6.04 Å². The topological polar surface area (TPSA) is 77.0 Å². The fourth-order valence-corrected chi connectivity index (χ4v) is 2.32. The number of rotatable bonds is 3. The van der Waals surface area contributed by atoms with Crippen LogP contribution >= 0.6 is 23.2 Å². The third-order valence-corrected chi connectivity index (χ3v) is 3.00. The summed E-state index contributed by atoms with van der Waals surface area (Å²) in [4.78, 5) is 4.03. The van der Waals surface area contributed by atoms with E-state index in [1.54, 1.807) is 30.5 Å². The standard InChI is InChI=1S/C12H12Cl2N4/c13-8-4-7(5-9(14)6-8)11(18-16)10-2-1-3-17-12(10)15/h1-6,11,18H,16H2,(H2,15,17). The molecule has 0 aliphatic heterocycles. The molecule has 0 saturated carbocycles. The van der Waals surface area contributed by atoms with Gasteiger partial charge in [-0.05, 0) is 29.8 Å². The Morgan fingerprint density at radius 1 is 1.17 bits per heavy atom. The maximum absolute atomic E-state index is 5.98. The van der Waals surface area contributed by atoms with Crippen LogP contribution in [0, 0.1) is 0 Å². The van der Waals surface area contributed by atoms with Gasteiger partial charge in [0.2, 0.25) is 0 Å². The molecule has 0 bridgehead atoms. The lowest BCUT2D eigenvalue weighted by Crippen LogP contribution is -2.29. The molecule has 2 rings (SSSR count). The van der Waals surface area contributed by atoms with Crippen LogP contribution in [-0.2, 0) is 0 Å². The molecular weight excluding hydrogens is 271 g/mol. The van der Waals surface area contributed by atoms with Gasteiger partial charge >= 0.3 is 0 Å². The number of hydrazine groups is 1. The highest BCUT2D eigenvalue weighted by molar-refractivity contribution is 6.34. The molecule has 4 nitrogen and oxygen atoms in total. The van der Waals surface area contributed by atoms with Crippen LogP contribution in [0.4, 0.5) is 5.82 Å². The monoisotopic (exact) mass is 282 g/mol. The first-order valence-electron chi connectivity index (χ1n) is 5.24. The molecular formula is C12H12Cl2N4. The molecule has 5 N–H and O–H groups in total. The van der Waals surface area contributed by atoms with Crippen molar-refractivity contribution in [2.24, 2.45) is 5.84 Å². The Morgan fingerprint density at radius 2 is 1.83 bits per heavy atom. The quantitative estimate of drug-likeness (QED) is 0.597. The molecule has 0 amide bonds. The molecule has 0 aliphatic rings. The Kier molecular flexibility index (Phi) is 4.04. The third-order valence-electron chi connectivity index (χ3n) is 2.57. The van der Waals surface area contributed by atoms with Crippen LogP contribution in [0.15, 0.2) is 36.5 Å². The Hall–Kier alpha value is -1.33. The Morgan fingerprint density at radius 3 is 2.39 bits per heavy atom. The van der Waals surface area contributed by atoms with Crippen LogP contribution in [0.2, 0.25) is 10.0 Å². The van der Waals surface area contributed by atoms with E-state index in [0.29, 0.717) is 15.9 Å². The highest BCUT2D eigenvalue weighted by atomic mass is 35.5. The van der Waals surface area contributed by atoms with Gasteiger partial charge in [-0.25, -0.2) is 10.4 Å². The number of halogens is 2. The van der Waals surface area contributed by atoms with Gasteiger partial charge in [-0.1, -0.05) is 29.3 Å². The predicted molar refractivity (Wildman–Crippen MR) is 74.3 cm³/mol. The largest absolute Gasteiger partial charge is 0.383 e. The highest BCUT2D eigenvalue weighted by Crippen LogP contribution is 2.29. The van der Waals surface area contributed by atoms with Crippen LogP contribution in [0.3, 0.4) is 0 Å². The van der Waals surface area contributed by atoms with Gasteiger partial charge in [-0.15, -0.1) is 0 Å². The minimum atomic E-state index is -0.310. The van der Waals surface area contributed by atoms with E-state index < -0.39 is 0 Å². The molecule has 18 heavy (non-hydrogen) atoms. The zero-order chi connectivity index (χ0) is 13.1. The maximum Gasteiger partial charge on any atom is 0.128 e. The number of anilines is 1. The summed E-state index contributed by atoms with van der Waals surface area (Å²) in [5, 5.41) is 1.08. The van der Waals surface area contributed by atoms with Gasteiger partial charge < -0.3 is 5.73 Å². The zero-order valence-electron chi connectivity index (χ0n) is 9.40. The van der Waals surface area contributed by atoms with Crippen molar-refractivity contribution < 1.29 is 0 Å². The van der Waals surface area contributed by atoms with E-state index in [1.807, 2.05) is 6.07 Å². The molecule has 1 aromatic carbocycles. The van der Waals surface area contributed by atoms with Crippen LogP contribution in [-0.4, -0.2) is 4.98 Å². The van der Waals surface area contributed by atoms with Crippen molar-refractivity contribution in [2.75, 3.05) is 5.73 Å². The van der Waals surface area contributed by atoms with E-state index in [9.17, 15) is 0 Å². The molecule has 1 heterocycles. The second-order valence-corrected chi connectivity index (χ2v) is 4.65. The van der Waals surface area contributed by atoms with Gasteiger partial charge in [0, 0.05) is 21.8 Å². The molecule has 1 aromatic heterocycles. The van der Waals surface area contributed by atoms with Gasteiger partial charge in [-0.2, -0.15) is 0 Å². The van der Waals surface area contributed by atoms with Crippen molar-refractivity contribution >= 4 is 29.0 Å². The first kappa shape index (κ1) is 13.1. The third kappa shape index (κ3) is 2.73. The zero-order valence-corrected chi connectivity index (χ0v) is 10.9. The van der Waals surface area contributed by atoms with Gasteiger partial charge in [0.25, 0.3) is 0 Å². The number of pyridine rings is 1. The predicted octanol–water partition coefficient (Wildman–Crippen LogP) is 2.52. The lowest BCUT2D eigenvalue weighted by Gasteiger charge is -2.18. The van der Waals surface area contributed by atoms with E-state index in [2.05, 4.69) is 10.4 Å². The molecule has 0 spiro atoms. The number of nitrogen functional groups attached to an aromatic ring is 1. The fraction of sp³-hybridized carbons (Fsp3) is 0.0833. The number of nitrogens with two attached hydrogens (primary N) is 2. The smallest absolute Gasteiger partial charge is 0.128 e. The summed E-state index contributed by atoms with van der Waals surface area (Å²) < 4.78 is 0. The number of hydrogen-bond acceptors (Lipinski definition) is 4. The van der Waals surface area contributed by atoms with Crippen molar-refractivity contribution in [3.63, 3.8) is 0 Å². The van der Waals surface area contributed by atoms with Crippen molar-refractivity contribution in [3.8, 4) is 0 Å². The fourth-order valence-electron chi connectivity index (χ4n) is 1.78. The number of benzene rings is 1. The highest BCUT2D eigenvalue weighted by Gasteiger charge is 2.16. The minimum absolute atomic E-state index is 0.310. The van der Waals surface area contributed by atoms with Crippen LogP contribution in [0.1, 0.15) is 17.2 Å². The Labute approximate surface area is 115 Å². The molecule has 0 radical (unpaired) electrons. The van der Waals surface area contributed by atoms with Crippen molar-refractivity contribution in [1.29, 1.82) is 0 Å². The summed E-state index contributed by atoms with van der Waals surface area (Å²) in [5.41, 5.74) is 10.1. The van der Waals surface area contributed by atoms with Crippen LogP contribution in [0.5, 0.6) is 0 Å². The second kappa shape index (κ2) is 5.54. The first-order chi connectivity index (χ1) is 8.61. The summed E-state index contributed by atoms with van der Waals surface area (Å²) in [6.07, 6.45) is 1.62. The van der Waals surface area contributed by atoms with Crippen LogP contribution in [0.25, 0.3) is 0 Å². The van der Waals surface area contributed by atoms with Crippen molar-refractivity contribution in [3.05, 3.63) is 57.7 Å². The van der Waals surface area contributed by atoms with E-state index in [4.69, 9.17) is 34.8 Å². The number of nitrogens with zero attached hydrogens (tertiary/aromatic N) is 1. The van der Waals surface area contributed by atoms with E-state index >= 15 is 0 Å². The number of aromatic nitrogens is 1. The SMILES string of the molecule is NNC(c1cc(Cl)cc(Cl)c1)c1cccnc1N. The molecule has 94 valence electrons. The summed E-state index contributed by atoms with van der Waals surface area (Å²) in [6.45, 7) is 0. The Balaban J connectivity index is 2.48. The molecule has 0 saturated heterocycles. The summed E-state index contributed by atoms with van der Waals surface area (Å²) in [6, 6.07) is 8.56. The molecule has 1 unspecified atom stereocenters. The molecule has 0 fully saturated rings. The van der Waals surface area contributed by atoms with Gasteiger partial charge in [0.1, 0.15) is 5.82 Å². The van der Waals surface area contributed by atoms with Crippen LogP contribution < -0.4 is 17.0 Å². The van der Waals surface area contributed by atoms with Gasteiger partial charge in [-0.3, -0.25) is 5.84 Å². The number of nitrogens with one attached hydrogen (secondary N) is 1.